The molecule has 28 heavy (non-hydrogen) atoms. The molecule has 4 aromatic rings. The minimum absolute atomic E-state index is 0.602. The van der Waals surface area contributed by atoms with E-state index in [0.29, 0.717) is 6.61 Å². The van der Waals surface area contributed by atoms with Crippen molar-refractivity contribution >= 4 is 17.2 Å². The van der Waals surface area contributed by atoms with Gasteiger partial charge in [0.2, 0.25) is 0 Å². The standard InChI is InChI=1S/C23H22ClN2O2/c1-4-28-21-9-7-19(14-22(21)27-3)26-12-11-25-15-18(6-10-23(25)26)17-5-8-20(24)16(2)13-17/h5-15H,4H2,1-3H3/q+1. The van der Waals surface area contributed by atoms with Gasteiger partial charge in [0.1, 0.15) is 24.3 Å². The highest BCUT2D eigenvalue weighted by atomic mass is 35.5. The Kier molecular flexibility index (Phi) is 4.97. The number of hydrogen-bond acceptors (Lipinski definition) is 2. The van der Waals surface area contributed by atoms with E-state index in [9.17, 15) is 0 Å². The molecule has 4 rings (SSSR count). The fourth-order valence-corrected chi connectivity index (χ4v) is 3.46. The van der Waals surface area contributed by atoms with Gasteiger partial charge in [-0.05, 0) is 55.3 Å². The highest BCUT2D eigenvalue weighted by Crippen LogP contribution is 2.30. The van der Waals surface area contributed by atoms with Gasteiger partial charge in [0, 0.05) is 22.7 Å². The maximum absolute atomic E-state index is 6.16. The number of hydrogen-bond donors (Lipinski definition) is 0. The second-order valence-electron chi connectivity index (χ2n) is 6.58. The van der Waals surface area contributed by atoms with Crippen molar-refractivity contribution < 1.29 is 13.9 Å². The third-order valence-corrected chi connectivity index (χ3v) is 5.22. The van der Waals surface area contributed by atoms with E-state index in [2.05, 4.69) is 33.4 Å². The van der Waals surface area contributed by atoms with Gasteiger partial charge in [0.25, 0.3) is 5.65 Å². The van der Waals surface area contributed by atoms with E-state index in [-0.39, 0.29) is 0 Å². The second kappa shape index (κ2) is 7.56. The average Bonchev–Trinajstić information content (AvgIpc) is 3.14. The number of halogens is 1. The molecule has 2 heterocycles. The zero-order valence-corrected chi connectivity index (χ0v) is 16.9. The van der Waals surface area contributed by atoms with Crippen molar-refractivity contribution in [2.75, 3.05) is 13.7 Å². The van der Waals surface area contributed by atoms with E-state index in [1.165, 1.54) is 0 Å². The molecule has 0 saturated carbocycles. The van der Waals surface area contributed by atoms with Crippen LogP contribution >= 0.6 is 11.6 Å². The SMILES string of the molecule is CCOc1ccc(-n2cc[n+]3cc(-c4ccc(Cl)c(C)c4)ccc23)cc1OC. The van der Waals surface area contributed by atoms with Crippen LogP contribution in [-0.2, 0) is 0 Å². The van der Waals surface area contributed by atoms with Crippen LogP contribution in [0.2, 0.25) is 5.02 Å². The molecule has 0 unspecified atom stereocenters. The molecule has 5 heteroatoms. The number of methoxy groups -OCH3 is 1. The minimum Gasteiger partial charge on any atom is -0.493 e. The molecule has 142 valence electrons. The molecule has 0 aliphatic heterocycles. The summed E-state index contributed by atoms with van der Waals surface area (Å²) in [5.74, 6) is 1.47. The summed E-state index contributed by atoms with van der Waals surface area (Å²) < 4.78 is 15.3. The van der Waals surface area contributed by atoms with Crippen LogP contribution in [-0.4, -0.2) is 18.3 Å². The van der Waals surface area contributed by atoms with Crippen LogP contribution in [0, 0.1) is 6.92 Å². The number of rotatable bonds is 5. The average molecular weight is 394 g/mol. The number of fused-ring (bicyclic) bond motifs is 1. The minimum atomic E-state index is 0.602. The van der Waals surface area contributed by atoms with E-state index in [1.807, 2.05) is 56.6 Å². The number of aryl methyl sites for hydroxylation is 1. The summed E-state index contributed by atoms with van der Waals surface area (Å²) in [6.07, 6.45) is 6.21. The largest absolute Gasteiger partial charge is 0.493 e. The summed E-state index contributed by atoms with van der Waals surface area (Å²) in [4.78, 5) is 0. The van der Waals surface area contributed by atoms with Crippen molar-refractivity contribution in [1.82, 2.24) is 4.57 Å². The van der Waals surface area contributed by atoms with Gasteiger partial charge >= 0.3 is 0 Å². The molecule has 0 aliphatic carbocycles. The number of pyridine rings is 1. The Hall–Kier alpha value is -2.98. The molecule has 0 amide bonds. The first-order valence-corrected chi connectivity index (χ1v) is 9.58. The molecule has 4 nitrogen and oxygen atoms in total. The molecule has 2 aromatic heterocycles. The lowest BCUT2D eigenvalue weighted by Gasteiger charge is -2.09. The van der Waals surface area contributed by atoms with Crippen LogP contribution in [0.15, 0.2) is 67.1 Å². The maximum Gasteiger partial charge on any atom is 0.291 e. The smallest absolute Gasteiger partial charge is 0.291 e. The van der Waals surface area contributed by atoms with Crippen LogP contribution < -0.4 is 13.9 Å². The van der Waals surface area contributed by atoms with E-state index < -0.39 is 0 Å². The third-order valence-electron chi connectivity index (χ3n) is 4.79. The number of ether oxygens (including phenoxy) is 2. The van der Waals surface area contributed by atoms with Crippen molar-refractivity contribution in [3.8, 4) is 28.3 Å². The van der Waals surface area contributed by atoms with E-state index in [4.69, 9.17) is 21.1 Å². The van der Waals surface area contributed by atoms with Crippen LogP contribution in [0.4, 0.5) is 0 Å². The monoisotopic (exact) mass is 393 g/mol. The first kappa shape index (κ1) is 18.4. The van der Waals surface area contributed by atoms with E-state index in [0.717, 1.165) is 44.5 Å². The molecule has 0 N–H and O–H groups in total. The summed E-state index contributed by atoms with van der Waals surface area (Å²) in [5, 5.41) is 0.785. The van der Waals surface area contributed by atoms with E-state index in [1.54, 1.807) is 7.11 Å². The quantitative estimate of drug-likeness (QED) is 0.433. The molecule has 0 saturated heterocycles. The molecule has 0 bridgehead atoms. The van der Waals surface area contributed by atoms with Crippen molar-refractivity contribution in [1.29, 1.82) is 0 Å². The maximum atomic E-state index is 6.16. The molecule has 0 fully saturated rings. The fourth-order valence-electron chi connectivity index (χ4n) is 3.34. The van der Waals surface area contributed by atoms with Crippen LogP contribution in [0.25, 0.3) is 22.5 Å². The lowest BCUT2D eigenvalue weighted by molar-refractivity contribution is -0.509. The predicted molar refractivity (Wildman–Crippen MR) is 112 cm³/mol. The fraction of sp³-hybridized carbons (Fsp3) is 0.174. The number of aromatic nitrogens is 2. The molecule has 0 aliphatic rings. The van der Waals surface area contributed by atoms with Gasteiger partial charge in [-0.25, -0.2) is 4.40 Å². The lowest BCUT2D eigenvalue weighted by atomic mass is 10.1. The van der Waals surface area contributed by atoms with Gasteiger partial charge in [-0.15, -0.1) is 0 Å². The Morgan fingerprint density at radius 1 is 1.00 bits per heavy atom. The van der Waals surface area contributed by atoms with Gasteiger partial charge in [-0.2, -0.15) is 4.57 Å². The molecular weight excluding hydrogens is 372 g/mol. The van der Waals surface area contributed by atoms with Crippen LogP contribution in [0.3, 0.4) is 0 Å². The summed E-state index contributed by atoms with van der Waals surface area (Å²) in [6.45, 7) is 4.58. The summed E-state index contributed by atoms with van der Waals surface area (Å²) in [5.41, 5.74) is 5.42. The highest BCUT2D eigenvalue weighted by molar-refractivity contribution is 6.31. The van der Waals surface area contributed by atoms with Crippen molar-refractivity contribution in [3.05, 3.63) is 77.7 Å². The van der Waals surface area contributed by atoms with Crippen molar-refractivity contribution in [2.24, 2.45) is 0 Å². The Morgan fingerprint density at radius 2 is 1.82 bits per heavy atom. The zero-order valence-electron chi connectivity index (χ0n) is 16.1. The van der Waals surface area contributed by atoms with Crippen LogP contribution in [0.1, 0.15) is 12.5 Å². The molecule has 0 spiro atoms. The number of imidazole rings is 1. The van der Waals surface area contributed by atoms with Gasteiger partial charge in [0.05, 0.1) is 13.7 Å². The zero-order chi connectivity index (χ0) is 19.7. The van der Waals surface area contributed by atoms with Gasteiger partial charge in [-0.3, -0.25) is 0 Å². The van der Waals surface area contributed by atoms with Gasteiger partial charge in [0.15, 0.2) is 11.5 Å². The van der Waals surface area contributed by atoms with Crippen molar-refractivity contribution in [3.63, 3.8) is 0 Å². The lowest BCUT2D eigenvalue weighted by Crippen LogP contribution is -2.18. The summed E-state index contributed by atoms with van der Waals surface area (Å²) in [6, 6.07) is 16.3. The normalized spacial score (nSPS) is 11.0. The number of nitrogens with zero attached hydrogens (tertiary/aromatic N) is 2. The Morgan fingerprint density at radius 3 is 2.57 bits per heavy atom. The predicted octanol–water partition coefficient (Wildman–Crippen LogP) is 5.25. The third kappa shape index (κ3) is 3.32. The summed E-state index contributed by atoms with van der Waals surface area (Å²) >= 11 is 6.16. The van der Waals surface area contributed by atoms with E-state index >= 15 is 0 Å². The highest BCUT2D eigenvalue weighted by Gasteiger charge is 2.15. The molecule has 0 atom stereocenters. The van der Waals surface area contributed by atoms with Gasteiger partial charge in [-0.1, -0.05) is 17.7 Å². The summed E-state index contributed by atoms with van der Waals surface area (Å²) in [7, 11) is 1.66. The Bertz CT molecular complexity index is 1150. The molecule has 0 radical (unpaired) electrons. The molecular formula is C23H22ClN2O2+. The number of benzene rings is 2. The van der Waals surface area contributed by atoms with Gasteiger partial charge < -0.3 is 9.47 Å². The first-order chi connectivity index (χ1) is 13.6. The second-order valence-corrected chi connectivity index (χ2v) is 6.99. The Labute approximate surface area is 169 Å². The molecule has 2 aromatic carbocycles. The topological polar surface area (TPSA) is 27.5 Å². The van der Waals surface area contributed by atoms with Crippen LogP contribution in [0.5, 0.6) is 11.5 Å². The first-order valence-electron chi connectivity index (χ1n) is 9.21. The Balaban J connectivity index is 1.75. The van der Waals surface area contributed by atoms with Crippen molar-refractivity contribution in [2.45, 2.75) is 13.8 Å².